The van der Waals surface area contributed by atoms with Gasteiger partial charge < -0.3 is 15.1 Å². The van der Waals surface area contributed by atoms with Gasteiger partial charge in [-0.2, -0.15) is 23.4 Å². The zero-order chi connectivity index (χ0) is 20.8. The van der Waals surface area contributed by atoms with Crippen molar-refractivity contribution in [3.63, 3.8) is 0 Å². The number of amides is 1. The van der Waals surface area contributed by atoms with Crippen molar-refractivity contribution >= 4 is 11.7 Å². The number of hydrogen-bond donors (Lipinski definition) is 2. The van der Waals surface area contributed by atoms with Gasteiger partial charge in [-0.25, -0.2) is 4.68 Å². The quantitative estimate of drug-likeness (QED) is 0.692. The molecule has 4 rings (SSSR count). The van der Waals surface area contributed by atoms with Crippen molar-refractivity contribution in [2.24, 2.45) is 7.05 Å². The molecule has 11 heteroatoms. The Morgan fingerprint density at radius 2 is 2.24 bits per heavy atom. The fourth-order valence-electron chi connectivity index (χ4n) is 3.34. The summed E-state index contributed by atoms with van der Waals surface area (Å²) in [7, 11) is 1.78. The molecule has 0 spiro atoms. The minimum Gasteiger partial charge on any atom is -0.467 e. The number of nitrogens with zero attached hydrogens (tertiary/aromatic N) is 4. The number of anilines is 1. The van der Waals surface area contributed by atoms with Gasteiger partial charge in [-0.3, -0.25) is 9.48 Å². The van der Waals surface area contributed by atoms with Crippen LogP contribution in [-0.4, -0.2) is 31.6 Å². The maximum absolute atomic E-state index is 13.6. The number of hydrogen-bond acceptors (Lipinski definition) is 5. The molecule has 2 N–H and O–H groups in total. The van der Waals surface area contributed by atoms with Gasteiger partial charge in [0.2, 0.25) is 0 Å². The summed E-state index contributed by atoms with van der Waals surface area (Å²) in [5.74, 6) is -0.0557. The first-order valence-electron chi connectivity index (χ1n) is 8.96. The van der Waals surface area contributed by atoms with Gasteiger partial charge in [0.1, 0.15) is 11.6 Å². The SMILES string of the molecule is Cc1c(CNC(=O)c2cc3n(n2)[C@H](C(F)(F)F)C[C@H](c2ccco2)N3)cnn1C. The molecule has 3 aromatic heterocycles. The molecule has 1 aliphatic rings. The van der Waals surface area contributed by atoms with Crippen molar-refractivity contribution in [1.29, 1.82) is 0 Å². The third-order valence-electron chi connectivity index (χ3n) is 5.09. The van der Waals surface area contributed by atoms with Gasteiger partial charge in [0.25, 0.3) is 5.91 Å². The molecule has 0 aliphatic carbocycles. The largest absolute Gasteiger partial charge is 0.467 e. The number of fused-ring (bicyclic) bond motifs is 1. The van der Waals surface area contributed by atoms with Crippen molar-refractivity contribution in [3.05, 3.63) is 53.4 Å². The maximum Gasteiger partial charge on any atom is 0.410 e. The first-order valence-corrected chi connectivity index (χ1v) is 8.96. The fourth-order valence-corrected chi connectivity index (χ4v) is 3.34. The Kier molecular flexibility index (Phi) is 4.59. The minimum atomic E-state index is -4.52. The third-order valence-corrected chi connectivity index (χ3v) is 5.09. The zero-order valence-corrected chi connectivity index (χ0v) is 15.7. The number of nitrogens with one attached hydrogen (secondary N) is 2. The third kappa shape index (κ3) is 3.59. The molecule has 0 saturated carbocycles. The second-order valence-corrected chi connectivity index (χ2v) is 6.93. The van der Waals surface area contributed by atoms with Crippen LogP contribution in [0.1, 0.15) is 46.0 Å². The number of halogens is 3. The Balaban J connectivity index is 1.57. The molecular formula is C18H19F3N6O2. The van der Waals surface area contributed by atoms with Gasteiger partial charge in [-0.05, 0) is 19.1 Å². The number of carbonyl (C=O) groups excluding carboxylic acids is 1. The molecule has 3 aromatic rings. The lowest BCUT2D eigenvalue weighted by atomic mass is 10.0. The lowest BCUT2D eigenvalue weighted by Gasteiger charge is -2.32. The number of furan rings is 1. The second kappa shape index (κ2) is 6.98. The van der Waals surface area contributed by atoms with E-state index in [1.165, 1.54) is 12.3 Å². The second-order valence-electron chi connectivity index (χ2n) is 6.93. The average Bonchev–Trinajstić information content (AvgIpc) is 3.40. The molecule has 0 saturated heterocycles. The number of aryl methyl sites for hydroxylation is 1. The van der Waals surface area contributed by atoms with Crippen LogP contribution in [0.2, 0.25) is 0 Å². The predicted octanol–water partition coefficient (Wildman–Crippen LogP) is 3.11. The summed E-state index contributed by atoms with van der Waals surface area (Å²) in [6.45, 7) is 2.06. The summed E-state index contributed by atoms with van der Waals surface area (Å²) < 4.78 is 48.6. The monoisotopic (exact) mass is 408 g/mol. The van der Waals surface area contributed by atoms with Crippen molar-refractivity contribution in [2.75, 3.05) is 5.32 Å². The van der Waals surface area contributed by atoms with Crippen LogP contribution in [0, 0.1) is 6.92 Å². The van der Waals surface area contributed by atoms with Gasteiger partial charge in [0.05, 0.1) is 18.5 Å². The minimum absolute atomic E-state index is 0.0941. The molecule has 0 aromatic carbocycles. The van der Waals surface area contributed by atoms with Crippen LogP contribution in [0.4, 0.5) is 19.0 Å². The normalized spacial score (nSPS) is 18.9. The van der Waals surface area contributed by atoms with Crippen molar-refractivity contribution in [3.8, 4) is 0 Å². The van der Waals surface area contributed by atoms with E-state index in [2.05, 4.69) is 20.8 Å². The highest BCUT2D eigenvalue weighted by Gasteiger charge is 2.47. The molecule has 8 nitrogen and oxygen atoms in total. The number of alkyl halides is 3. The zero-order valence-electron chi connectivity index (χ0n) is 15.7. The highest BCUT2D eigenvalue weighted by molar-refractivity contribution is 5.93. The van der Waals surface area contributed by atoms with E-state index in [4.69, 9.17) is 4.42 Å². The van der Waals surface area contributed by atoms with Gasteiger partial charge in [-0.15, -0.1) is 0 Å². The van der Waals surface area contributed by atoms with Crippen LogP contribution in [-0.2, 0) is 13.6 Å². The lowest BCUT2D eigenvalue weighted by molar-refractivity contribution is -0.174. The van der Waals surface area contributed by atoms with Crippen molar-refractivity contribution in [2.45, 2.75) is 38.1 Å². The van der Waals surface area contributed by atoms with E-state index in [9.17, 15) is 18.0 Å². The molecule has 4 heterocycles. The Morgan fingerprint density at radius 3 is 2.86 bits per heavy atom. The van der Waals surface area contributed by atoms with E-state index in [1.54, 1.807) is 30.1 Å². The Hall–Kier alpha value is -3.24. The van der Waals surface area contributed by atoms with E-state index >= 15 is 0 Å². The summed E-state index contributed by atoms with van der Waals surface area (Å²) in [6.07, 6.45) is -1.77. The molecule has 154 valence electrons. The summed E-state index contributed by atoms with van der Waals surface area (Å²) in [5, 5.41) is 13.7. The van der Waals surface area contributed by atoms with E-state index in [0.29, 0.717) is 5.76 Å². The van der Waals surface area contributed by atoms with Crippen LogP contribution in [0.3, 0.4) is 0 Å². The molecule has 1 amide bonds. The maximum atomic E-state index is 13.6. The van der Waals surface area contributed by atoms with Gasteiger partial charge in [0, 0.05) is 37.3 Å². The van der Waals surface area contributed by atoms with Crippen LogP contribution in [0.15, 0.2) is 35.1 Å². The molecule has 0 radical (unpaired) electrons. The van der Waals surface area contributed by atoms with Crippen molar-refractivity contribution < 1.29 is 22.4 Å². The summed E-state index contributed by atoms with van der Waals surface area (Å²) in [4.78, 5) is 12.5. The highest BCUT2D eigenvalue weighted by atomic mass is 19.4. The highest BCUT2D eigenvalue weighted by Crippen LogP contribution is 2.43. The summed E-state index contributed by atoms with van der Waals surface area (Å²) >= 11 is 0. The van der Waals surface area contributed by atoms with E-state index < -0.39 is 24.2 Å². The molecule has 1 aliphatic heterocycles. The standard InChI is InChI=1S/C18H19F3N6O2/c1-10-11(9-23-26(10)2)8-22-17(28)13-7-16-24-12(14-4-3-5-29-14)6-15(18(19,20)21)27(16)25-13/h3-5,7,9,12,15,24H,6,8H2,1-2H3,(H,22,28)/t12-,15+/m1/s1. The molecule has 0 bridgehead atoms. The van der Waals surface area contributed by atoms with E-state index in [-0.39, 0.29) is 24.5 Å². The Bertz CT molecular complexity index is 1020. The van der Waals surface area contributed by atoms with Gasteiger partial charge in [-0.1, -0.05) is 0 Å². The van der Waals surface area contributed by atoms with Gasteiger partial charge >= 0.3 is 6.18 Å². The smallest absolute Gasteiger partial charge is 0.410 e. The van der Waals surface area contributed by atoms with Gasteiger partial charge in [0.15, 0.2) is 11.7 Å². The topological polar surface area (TPSA) is 89.9 Å². The summed E-state index contributed by atoms with van der Waals surface area (Å²) in [5.41, 5.74) is 1.60. The summed E-state index contributed by atoms with van der Waals surface area (Å²) in [6, 6.07) is 2.01. The predicted molar refractivity (Wildman–Crippen MR) is 96.1 cm³/mol. The lowest BCUT2D eigenvalue weighted by Crippen LogP contribution is -2.35. The molecule has 29 heavy (non-hydrogen) atoms. The first kappa shape index (κ1) is 19.1. The van der Waals surface area contributed by atoms with Crippen LogP contribution in [0.5, 0.6) is 0 Å². The Labute approximate surface area is 163 Å². The van der Waals surface area contributed by atoms with E-state index in [0.717, 1.165) is 15.9 Å². The van der Waals surface area contributed by atoms with E-state index in [1.807, 2.05) is 6.92 Å². The van der Waals surface area contributed by atoms with Crippen LogP contribution >= 0.6 is 0 Å². The fraction of sp³-hybridized carbons (Fsp3) is 0.389. The molecular weight excluding hydrogens is 389 g/mol. The molecule has 0 fully saturated rings. The van der Waals surface area contributed by atoms with Crippen LogP contribution < -0.4 is 10.6 Å². The van der Waals surface area contributed by atoms with Crippen LogP contribution in [0.25, 0.3) is 0 Å². The number of rotatable bonds is 4. The number of aromatic nitrogens is 4. The molecule has 0 unspecified atom stereocenters. The average molecular weight is 408 g/mol. The molecule has 2 atom stereocenters. The number of carbonyl (C=O) groups is 1. The van der Waals surface area contributed by atoms with Crippen molar-refractivity contribution in [1.82, 2.24) is 24.9 Å². The first-order chi connectivity index (χ1) is 13.7. The Morgan fingerprint density at radius 1 is 1.45 bits per heavy atom.